The van der Waals surface area contributed by atoms with Crippen LogP contribution in [0.4, 0.5) is 32.0 Å². The van der Waals surface area contributed by atoms with Crippen molar-refractivity contribution in [2.24, 2.45) is 4.99 Å². The van der Waals surface area contributed by atoms with Crippen molar-refractivity contribution in [1.29, 1.82) is 0 Å². The molecule has 0 bridgehead atoms. The molecule has 0 saturated carbocycles. The number of halogens is 6. The molecule has 2 aliphatic rings. The van der Waals surface area contributed by atoms with E-state index in [1.807, 2.05) is 0 Å². The zero-order valence-corrected chi connectivity index (χ0v) is 22.8. The van der Waals surface area contributed by atoms with Crippen molar-refractivity contribution in [2.45, 2.75) is 12.4 Å². The fraction of sp³-hybridized carbons (Fsp3) is 0.0690. The van der Waals surface area contributed by atoms with Gasteiger partial charge in [0.15, 0.2) is 0 Å². The Bertz CT molecular complexity index is 2130. The van der Waals surface area contributed by atoms with Crippen molar-refractivity contribution in [3.8, 4) is 34.2 Å². The number of aromatic carboxylic acids is 1. The largest absolute Gasteiger partial charge is 0.492 e. The van der Waals surface area contributed by atoms with Crippen molar-refractivity contribution >= 4 is 40.4 Å². The van der Waals surface area contributed by atoms with Crippen LogP contribution in [-0.2, 0) is 9.59 Å². The number of alkyl halides is 6. The van der Waals surface area contributed by atoms with Gasteiger partial charge in [-0.15, -0.1) is 4.73 Å². The average Bonchev–Trinajstić information content (AvgIpc) is 3.30. The number of nitrogens with zero attached hydrogens (tertiary/aromatic N) is 2. The number of amides is 2. The Kier molecular flexibility index (Phi) is 7.88. The molecule has 47 heavy (non-hydrogen) atoms. The number of carboxylic acid groups (broad SMARTS) is 1. The highest BCUT2D eigenvalue weighted by Gasteiger charge is 2.39. The van der Waals surface area contributed by atoms with Crippen LogP contribution in [-0.4, -0.2) is 56.2 Å². The second-order valence-corrected chi connectivity index (χ2v) is 9.52. The third kappa shape index (κ3) is 6.42. The Labute approximate surface area is 255 Å². The number of hydrogen-bond donors (Lipinski definition) is 4. The summed E-state index contributed by atoms with van der Waals surface area (Å²) >= 11 is 0. The van der Waals surface area contributed by atoms with Crippen molar-refractivity contribution in [2.75, 3.05) is 5.32 Å². The molecule has 1 aliphatic heterocycles. The molecule has 18 heteroatoms. The van der Waals surface area contributed by atoms with Gasteiger partial charge in [0, 0.05) is 46.5 Å². The monoisotopic (exact) mass is 663 g/mol. The van der Waals surface area contributed by atoms with Crippen molar-refractivity contribution in [1.82, 2.24) is 4.73 Å². The van der Waals surface area contributed by atoms with Crippen LogP contribution in [0.25, 0.3) is 33.4 Å². The van der Waals surface area contributed by atoms with E-state index in [0.717, 1.165) is 66.7 Å². The number of carboxylic acids is 1. The van der Waals surface area contributed by atoms with Gasteiger partial charge in [0.05, 0.1) is 16.5 Å². The molecule has 0 atom stereocenters. The van der Waals surface area contributed by atoms with Crippen LogP contribution in [0.5, 0.6) is 11.8 Å². The number of aromatic hydroxyl groups is 2. The van der Waals surface area contributed by atoms with E-state index < -0.39 is 64.5 Å². The fourth-order valence-corrected chi connectivity index (χ4v) is 4.39. The topological polar surface area (TPSA) is 181 Å². The molecule has 0 saturated heterocycles. The van der Waals surface area contributed by atoms with Crippen LogP contribution >= 0.6 is 0 Å². The molecular formula is C29H15F6N3O9. The first-order valence-electron chi connectivity index (χ1n) is 12.7. The van der Waals surface area contributed by atoms with Crippen LogP contribution < -0.4 is 15.5 Å². The summed E-state index contributed by atoms with van der Waals surface area (Å²) in [4.78, 5) is 56.2. The van der Waals surface area contributed by atoms with Crippen molar-refractivity contribution < 1.29 is 70.1 Å². The third-order valence-corrected chi connectivity index (χ3v) is 6.42. The summed E-state index contributed by atoms with van der Waals surface area (Å²) in [6.07, 6.45) is -10.6. The summed E-state index contributed by atoms with van der Waals surface area (Å²) in [6, 6.07) is 11.1. The van der Waals surface area contributed by atoms with Gasteiger partial charge in [-0.1, -0.05) is 0 Å². The number of rotatable bonds is 5. The minimum absolute atomic E-state index is 0.00715. The number of carbonyl (C=O) groups excluding carboxylic acids is 3. The van der Waals surface area contributed by atoms with Crippen LogP contribution in [0.15, 0.2) is 76.1 Å². The molecule has 0 fully saturated rings. The fourth-order valence-electron chi connectivity index (χ4n) is 4.39. The number of anilines is 1. The van der Waals surface area contributed by atoms with Gasteiger partial charge >= 0.3 is 36.1 Å². The van der Waals surface area contributed by atoms with Gasteiger partial charge < -0.3 is 29.9 Å². The minimum atomic E-state index is -5.33. The highest BCUT2D eigenvalue weighted by Crippen LogP contribution is 2.42. The predicted octanol–water partition coefficient (Wildman–Crippen LogP) is 4.87. The number of benzene rings is 3. The van der Waals surface area contributed by atoms with Crippen molar-refractivity contribution in [3.63, 3.8) is 0 Å². The van der Waals surface area contributed by atoms with Crippen LogP contribution in [0, 0.1) is 0 Å². The highest BCUT2D eigenvalue weighted by molar-refractivity contribution is 6.09. The first kappa shape index (κ1) is 32.1. The molecule has 242 valence electrons. The van der Waals surface area contributed by atoms with Gasteiger partial charge in [-0.2, -0.15) is 26.3 Å². The lowest BCUT2D eigenvalue weighted by atomic mass is 9.89. The van der Waals surface area contributed by atoms with Gasteiger partial charge in [0.1, 0.15) is 11.3 Å². The molecule has 0 radical (unpaired) electrons. The average molecular weight is 663 g/mol. The summed E-state index contributed by atoms with van der Waals surface area (Å²) in [5, 5.41) is 30.7. The van der Waals surface area contributed by atoms with Gasteiger partial charge in [-0.05, 0) is 48.0 Å². The lowest BCUT2D eigenvalue weighted by Gasteiger charge is -2.18. The maximum Gasteiger partial charge on any atom is 0.473 e. The summed E-state index contributed by atoms with van der Waals surface area (Å²) < 4.78 is 83.3. The Balaban J connectivity index is 1.77. The lowest BCUT2D eigenvalue weighted by molar-refractivity contribution is -0.169. The van der Waals surface area contributed by atoms with E-state index in [1.54, 1.807) is 5.32 Å². The molecule has 4 N–H and O–H groups in total. The highest BCUT2D eigenvalue weighted by atomic mass is 19.4. The van der Waals surface area contributed by atoms with Crippen LogP contribution in [0.1, 0.15) is 20.7 Å². The third-order valence-electron chi connectivity index (χ3n) is 6.42. The normalized spacial score (nSPS) is 12.3. The Hall–Kier alpha value is -6.33. The molecule has 12 nitrogen and oxygen atoms in total. The number of fused-ring (bicyclic) bond motifs is 2. The molecule has 2 aromatic carbocycles. The van der Waals surface area contributed by atoms with Crippen molar-refractivity contribution in [3.05, 3.63) is 83.2 Å². The molecule has 2 amide bonds. The first-order chi connectivity index (χ1) is 21.9. The number of nitrogens with one attached hydrogen (secondary N) is 1. The van der Waals surface area contributed by atoms with Gasteiger partial charge in [-0.3, -0.25) is 9.59 Å². The van der Waals surface area contributed by atoms with E-state index in [2.05, 4.69) is 4.99 Å². The molecule has 0 unspecified atom stereocenters. The second-order valence-electron chi connectivity index (χ2n) is 9.52. The Morgan fingerprint density at radius 2 is 1.49 bits per heavy atom. The molecular weight excluding hydrogens is 648 g/mol. The van der Waals surface area contributed by atoms with Crippen LogP contribution in [0.3, 0.4) is 0 Å². The Morgan fingerprint density at radius 3 is 2.11 bits per heavy atom. The molecule has 0 spiro atoms. The lowest BCUT2D eigenvalue weighted by Crippen LogP contribution is -2.29. The first-order valence-corrected chi connectivity index (χ1v) is 12.7. The molecule has 3 aromatic rings. The standard InChI is InChI=1S/C29H15F6N3O9/c30-28(31,32)26(44)36-13-2-5-16-19(10-13)46-20-11-14(37-27(45)29(33,34)35)3-6-17(20)23(16)18-9-12(1-4-15(18)24(41)42)25(43)47-38-21(39)7-8-22(38)40/h1-11,39-40H,(H,36,44)(H,41,42). The van der Waals surface area contributed by atoms with E-state index >= 15 is 0 Å². The van der Waals surface area contributed by atoms with E-state index in [0.29, 0.717) is 4.73 Å². The number of carbonyl (C=O) groups is 4. The summed E-state index contributed by atoms with van der Waals surface area (Å²) in [6.45, 7) is 0. The summed E-state index contributed by atoms with van der Waals surface area (Å²) in [5.41, 5.74) is -1.86. The maximum atomic E-state index is 13.0. The number of hydrogen-bond acceptors (Lipinski definition) is 8. The van der Waals surface area contributed by atoms with Gasteiger partial charge in [0.2, 0.25) is 11.8 Å². The molecule has 5 rings (SSSR count). The zero-order chi connectivity index (χ0) is 34.4. The quantitative estimate of drug-likeness (QED) is 0.151. The Morgan fingerprint density at radius 1 is 0.809 bits per heavy atom. The number of aromatic nitrogens is 1. The summed E-state index contributed by atoms with van der Waals surface area (Å²) in [5.74, 6) is -9.22. The van der Waals surface area contributed by atoms with Crippen LogP contribution in [0.2, 0.25) is 0 Å². The van der Waals surface area contributed by atoms with E-state index in [1.165, 1.54) is 0 Å². The maximum absolute atomic E-state index is 13.0. The predicted molar refractivity (Wildman–Crippen MR) is 145 cm³/mol. The summed E-state index contributed by atoms with van der Waals surface area (Å²) in [7, 11) is 0. The van der Waals surface area contributed by atoms with Gasteiger partial charge in [-0.25, -0.2) is 14.6 Å². The van der Waals surface area contributed by atoms with E-state index in [9.17, 15) is 60.8 Å². The molecule has 1 aliphatic carbocycles. The molecule has 2 heterocycles. The van der Waals surface area contributed by atoms with E-state index in [-0.39, 0.29) is 39.0 Å². The molecule has 1 aromatic heterocycles. The van der Waals surface area contributed by atoms with Gasteiger partial charge in [0.25, 0.3) is 0 Å². The van der Waals surface area contributed by atoms with E-state index in [4.69, 9.17) is 9.25 Å². The SMILES string of the molecule is O=C(On1c(O)ccc1O)c1ccc(C(=O)O)c(-c2c3ccc(=NC(=O)C(F)(F)F)cc-3oc3cc(NC(=O)C(F)(F)F)ccc23)c1. The smallest absolute Gasteiger partial charge is 0.473 e. The second kappa shape index (κ2) is 11.5. The zero-order valence-electron chi connectivity index (χ0n) is 22.8. The minimum Gasteiger partial charge on any atom is -0.492 e.